The molecule has 1 saturated heterocycles. The molecule has 1 aromatic rings. The minimum atomic E-state index is 0.0874. The summed E-state index contributed by atoms with van der Waals surface area (Å²) in [5.41, 5.74) is 2.16. The molecule has 2 rings (SSSR count). The Labute approximate surface area is 121 Å². The molecular formula is C15H25N3O2. The van der Waals surface area contributed by atoms with Crippen LogP contribution in [-0.4, -0.2) is 35.3 Å². The van der Waals surface area contributed by atoms with E-state index in [4.69, 9.17) is 9.47 Å². The highest BCUT2D eigenvalue weighted by Gasteiger charge is 2.17. The number of aromatic nitrogens is 2. The van der Waals surface area contributed by atoms with Gasteiger partial charge in [-0.1, -0.05) is 0 Å². The van der Waals surface area contributed by atoms with Crippen LogP contribution < -0.4 is 10.1 Å². The fourth-order valence-corrected chi connectivity index (χ4v) is 1.98. The molecular weight excluding hydrogens is 254 g/mol. The van der Waals surface area contributed by atoms with Crippen molar-refractivity contribution in [1.82, 2.24) is 15.3 Å². The lowest BCUT2D eigenvalue weighted by atomic mass is 10.1. The van der Waals surface area contributed by atoms with Gasteiger partial charge in [0.15, 0.2) is 0 Å². The van der Waals surface area contributed by atoms with E-state index < -0.39 is 0 Å². The van der Waals surface area contributed by atoms with Gasteiger partial charge in [-0.15, -0.1) is 0 Å². The maximum absolute atomic E-state index is 5.65. The lowest BCUT2D eigenvalue weighted by Gasteiger charge is -2.21. The highest BCUT2D eigenvalue weighted by atomic mass is 16.5. The molecule has 0 aliphatic carbocycles. The molecule has 2 heterocycles. The average molecular weight is 279 g/mol. The van der Waals surface area contributed by atoms with Gasteiger partial charge in [0.25, 0.3) is 0 Å². The molecule has 5 heteroatoms. The zero-order valence-electron chi connectivity index (χ0n) is 12.9. The first kappa shape index (κ1) is 15.2. The first-order chi connectivity index (χ1) is 9.44. The summed E-state index contributed by atoms with van der Waals surface area (Å²) < 4.78 is 11.0. The number of rotatable bonds is 5. The Kier molecular flexibility index (Phi) is 4.94. The van der Waals surface area contributed by atoms with E-state index in [0.717, 1.165) is 37.4 Å². The summed E-state index contributed by atoms with van der Waals surface area (Å²) >= 11 is 0. The molecule has 0 amide bonds. The van der Waals surface area contributed by atoms with Crippen LogP contribution in [0.1, 0.15) is 38.4 Å². The molecule has 1 N–H and O–H groups in total. The first-order valence-electron chi connectivity index (χ1n) is 7.22. The smallest absolute Gasteiger partial charge is 0.316 e. The fourth-order valence-electron chi connectivity index (χ4n) is 1.98. The normalized spacial score (nSPS) is 19.3. The maximum atomic E-state index is 5.65. The van der Waals surface area contributed by atoms with Gasteiger partial charge in [0.05, 0.1) is 13.2 Å². The summed E-state index contributed by atoms with van der Waals surface area (Å²) in [5, 5.41) is 3.44. The van der Waals surface area contributed by atoms with Crippen LogP contribution in [0.5, 0.6) is 6.01 Å². The van der Waals surface area contributed by atoms with E-state index in [1.165, 1.54) is 0 Å². The van der Waals surface area contributed by atoms with Crippen LogP contribution in [0.15, 0.2) is 6.20 Å². The van der Waals surface area contributed by atoms with Gasteiger partial charge in [-0.3, -0.25) is 0 Å². The van der Waals surface area contributed by atoms with Crippen LogP contribution in [-0.2, 0) is 11.3 Å². The molecule has 1 fully saturated rings. The van der Waals surface area contributed by atoms with Crippen molar-refractivity contribution in [3.05, 3.63) is 17.5 Å². The Morgan fingerprint density at radius 2 is 2.25 bits per heavy atom. The van der Waals surface area contributed by atoms with E-state index in [1.807, 2.05) is 13.1 Å². The first-order valence-corrected chi connectivity index (χ1v) is 7.22. The van der Waals surface area contributed by atoms with Crippen molar-refractivity contribution in [3.8, 4) is 6.01 Å². The number of ether oxygens (including phenoxy) is 2. The van der Waals surface area contributed by atoms with Crippen LogP contribution in [0.25, 0.3) is 0 Å². The van der Waals surface area contributed by atoms with Gasteiger partial charge in [0.2, 0.25) is 0 Å². The van der Waals surface area contributed by atoms with Gasteiger partial charge in [-0.05, 0) is 34.1 Å². The predicted molar refractivity (Wildman–Crippen MR) is 77.8 cm³/mol. The third kappa shape index (κ3) is 4.72. The van der Waals surface area contributed by atoms with Crippen LogP contribution in [0.2, 0.25) is 0 Å². The van der Waals surface area contributed by atoms with Crippen LogP contribution in [0.4, 0.5) is 0 Å². The van der Waals surface area contributed by atoms with E-state index in [2.05, 4.69) is 36.1 Å². The molecule has 0 bridgehead atoms. The molecule has 0 spiro atoms. The van der Waals surface area contributed by atoms with Crippen molar-refractivity contribution in [1.29, 1.82) is 0 Å². The maximum Gasteiger partial charge on any atom is 0.316 e. The van der Waals surface area contributed by atoms with E-state index in [-0.39, 0.29) is 5.54 Å². The van der Waals surface area contributed by atoms with E-state index >= 15 is 0 Å². The van der Waals surface area contributed by atoms with Crippen molar-refractivity contribution in [2.24, 2.45) is 5.92 Å². The SMILES string of the molecule is Cc1nc(OCC2CCOC2)ncc1CNC(C)(C)C. The van der Waals surface area contributed by atoms with Gasteiger partial charge in [-0.25, -0.2) is 9.97 Å². The van der Waals surface area contributed by atoms with Crippen molar-refractivity contribution >= 4 is 0 Å². The standard InChI is InChI=1S/C15H25N3O2/c1-11-13(8-17-15(2,3)4)7-16-14(18-11)20-10-12-5-6-19-9-12/h7,12,17H,5-6,8-10H2,1-4H3. The van der Waals surface area contributed by atoms with Gasteiger partial charge in [0, 0.05) is 42.1 Å². The summed E-state index contributed by atoms with van der Waals surface area (Å²) in [4.78, 5) is 8.71. The molecule has 1 aromatic heterocycles. The molecule has 0 saturated carbocycles. The largest absolute Gasteiger partial charge is 0.463 e. The van der Waals surface area contributed by atoms with Gasteiger partial charge in [-0.2, -0.15) is 0 Å². The van der Waals surface area contributed by atoms with Crippen LogP contribution in [0.3, 0.4) is 0 Å². The highest BCUT2D eigenvalue weighted by Crippen LogP contribution is 2.15. The highest BCUT2D eigenvalue weighted by molar-refractivity contribution is 5.17. The van der Waals surface area contributed by atoms with Gasteiger partial charge >= 0.3 is 6.01 Å². The Morgan fingerprint density at radius 3 is 2.85 bits per heavy atom. The molecule has 0 aromatic carbocycles. The summed E-state index contributed by atoms with van der Waals surface area (Å²) in [6.07, 6.45) is 2.91. The minimum absolute atomic E-state index is 0.0874. The summed E-state index contributed by atoms with van der Waals surface area (Å²) in [5.74, 6) is 0.473. The number of aryl methyl sites for hydroxylation is 1. The molecule has 1 aliphatic rings. The lowest BCUT2D eigenvalue weighted by Crippen LogP contribution is -2.35. The van der Waals surface area contributed by atoms with Crippen molar-refractivity contribution in [2.45, 2.75) is 46.2 Å². The monoisotopic (exact) mass is 279 g/mol. The quantitative estimate of drug-likeness (QED) is 0.894. The Morgan fingerprint density at radius 1 is 1.45 bits per heavy atom. The van der Waals surface area contributed by atoms with E-state index in [9.17, 15) is 0 Å². The topological polar surface area (TPSA) is 56.3 Å². The molecule has 5 nitrogen and oxygen atoms in total. The number of nitrogens with zero attached hydrogens (tertiary/aromatic N) is 2. The number of nitrogens with one attached hydrogen (secondary N) is 1. The molecule has 112 valence electrons. The van der Waals surface area contributed by atoms with Crippen LogP contribution in [0, 0.1) is 12.8 Å². The second-order valence-electron chi connectivity index (χ2n) is 6.41. The molecule has 1 unspecified atom stereocenters. The molecule has 1 atom stereocenters. The summed E-state index contributed by atoms with van der Waals surface area (Å²) in [7, 11) is 0. The second-order valence-corrected chi connectivity index (χ2v) is 6.41. The number of hydrogen-bond donors (Lipinski definition) is 1. The van der Waals surface area contributed by atoms with E-state index in [1.54, 1.807) is 0 Å². The average Bonchev–Trinajstić information content (AvgIpc) is 2.87. The van der Waals surface area contributed by atoms with Crippen molar-refractivity contribution in [3.63, 3.8) is 0 Å². The van der Waals surface area contributed by atoms with Crippen molar-refractivity contribution in [2.75, 3.05) is 19.8 Å². The Bertz CT molecular complexity index is 437. The molecule has 0 radical (unpaired) electrons. The van der Waals surface area contributed by atoms with Crippen LogP contribution >= 0.6 is 0 Å². The van der Waals surface area contributed by atoms with Gasteiger partial charge < -0.3 is 14.8 Å². The minimum Gasteiger partial charge on any atom is -0.463 e. The Hall–Kier alpha value is -1.20. The molecule has 1 aliphatic heterocycles. The van der Waals surface area contributed by atoms with Gasteiger partial charge in [0.1, 0.15) is 0 Å². The Balaban J connectivity index is 1.88. The summed E-state index contributed by atoms with van der Waals surface area (Å²) in [6.45, 7) is 11.5. The fraction of sp³-hybridized carbons (Fsp3) is 0.733. The third-order valence-electron chi connectivity index (χ3n) is 3.34. The third-order valence-corrected chi connectivity index (χ3v) is 3.34. The zero-order valence-corrected chi connectivity index (χ0v) is 12.9. The van der Waals surface area contributed by atoms with E-state index in [0.29, 0.717) is 18.5 Å². The zero-order chi connectivity index (χ0) is 14.6. The lowest BCUT2D eigenvalue weighted by molar-refractivity contribution is 0.163. The van der Waals surface area contributed by atoms with Crippen molar-refractivity contribution < 1.29 is 9.47 Å². The molecule has 20 heavy (non-hydrogen) atoms. The predicted octanol–water partition coefficient (Wildman–Crippen LogP) is 2.09. The second kappa shape index (κ2) is 6.50. The summed E-state index contributed by atoms with van der Waals surface area (Å²) in [6, 6.07) is 0.467. The number of hydrogen-bond acceptors (Lipinski definition) is 5.